The Labute approximate surface area is 247 Å². The first-order valence-corrected chi connectivity index (χ1v) is 15.7. The highest BCUT2D eigenvalue weighted by Gasteiger charge is 2.27. The fourth-order valence-electron chi connectivity index (χ4n) is 6.48. The van der Waals surface area contributed by atoms with Gasteiger partial charge in [0, 0.05) is 32.2 Å². The van der Waals surface area contributed by atoms with E-state index in [2.05, 4.69) is 59.4 Å². The Bertz CT molecular complexity index is 976. The summed E-state index contributed by atoms with van der Waals surface area (Å²) in [5.41, 5.74) is 2.68. The molecule has 3 aliphatic rings. The third-order valence-corrected chi connectivity index (χ3v) is 8.80. The Morgan fingerprint density at radius 1 is 0.927 bits per heavy atom. The predicted octanol–water partition coefficient (Wildman–Crippen LogP) is 6.07. The fraction of sp³-hybridized carbons (Fsp3) is 0.588. The largest absolute Gasteiger partial charge is 0.483 e. The number of amides is 2. The van der Waals surface area contributed by atoms with Gasteiger partial charge in [0.25, 0.3) is 6.47 Å². The lowest BCUT2D eigenvalue weighted by molar-refractivity contribution is -0.122. The first-order chi connectivity index (χ1) is 20.0. The Hall–Kier alpha value is -2.90. The summed E-state index contributed by atoms with van der Waals surface area (Å²) in [4.78, 5) is 27.7. The molecule has 2 N–H and O–H groups in total. The minimum absolute atomic E-state index is 0.0610. The Morgan fingerprint density at radius 2 is 1.54 bits per heavy atom. The van der Waals surface area contributed by atoms with E-state index in [0.717, 1.165) is 49.9 Å². The van der Waals surface area contributed by atoms with Crippen LogP contribution in [0.4, 0.5) is 4.79 Å². The summed E-state index contributed by atoms with van der Waals surface area (Å²) in [6.07, 6.45) is 10.9. The van der Waals surface area contributed by atoms with Crippen molar-refractivity contribution in [3.8, 4) is 0 Å². The number of urea groups is 1. The number of nitrogens with one attached hydrogen (secondary N) is 1. The zero-order valence-corrected chi connectivity index (χ0v) is 25.3. The summed E-state index contributed by atoms with van der Waals surface area (Å²) in [5.74, 6) is 1.78. The Balaban J connectivity index is 0.000000207. The van der Waals surface area contributed by atoms with E-state index in [1.165, 1.54) is 58.2 Å². The van der Waals surface area contributed by atoms with E-state index in [1.807, 2.05) is 35.2 Å². The lowest BCUT2D eigenvalue weighted by Gasteiger charge is -2.36. The summed E-state index contributed by atoms with van der Waals surface area (Å²) in [5, 5.41) is 9.92. The molecular weight excluding hydrogens is 512 g/mol. The third-order valence-electron chi connectivity index (χ3n) is 8.80. The molecule has 2 amide bonds. The standard InChI is InChI=1S/C17H25N.C16H25N3O.CH2O2/c1-3-7-15(8-4-1)13-18-12-11-17(14-18)16-9-5-2-6-10-16;1-3-19(15-9-11-18(2)12-10-15)16(20)17-13-14-7-5-4-6-8-14;2-1-3/h2,5-6,9-10,15,17H,1,3-4,7-8,11-14H2;4-8,15H,3,9-13H2,1-2H3,(H,17,20);1H,(H,2,3)/t17-;;/m1../s1. The van der Waals surface area contributed by atoms with E-state index in [1.54, 1.807) is 5.56 Å². The molecule has 2 aromatic carbocycles. The highest BCUT2D eigenvalue weighted by atomic mass is 16.3. The van der Waals surface area contributed by atoms with E-state index in [4.69, 9.17) is 9.90 Å². The quantitative estimate of drug-likeness (QED) is 0.399. The maximum atomic E-state index is 12.3. The van der Waals surface area contributed by atoms with E-state index < -0.39 is 0 Å². The molecule has 2 heterocycles. The first kappa shape index (κ1) is 32.6. The molecule has 2 aromatic rings. The lowest BCUT2D eigenvalue weighted by Crippen LogP contribution is -2.49. The molecule has 3 fully saturated rings. The van der Waals surface area contributed by atoms with Crippen molar-refractivity contribution in [3.63, 3.8) is 0 Å². The maximum Gasteiger partial charge on any atom is 0.317 e. The van der Waals surface area contributed by atoms with Gasteiger partial charge in [-0.1, -0.05) is 79.9 Å². The second-order valence-electron chi connectivity index (χ2n) is 11.7. The van der Waals surface area contributed by atoms with Gasteiger partial charge in [0.15, 0.2) is 0 Å². The van der Waals surface area contributed by atoms with Gasteiger partial charge in [0.2, 0.25) is 0 Å². The number of rotatable bonds is 7. The minimum Gasteiger partial charge on any atom is -0.483 e. The van der Waals surface area contributed by atoms with E-state index >= 15 is 0 Å². The van der Waals surface area contributed by atoms with Crippen molar-refractivity contribution >= 4 is 12.5 Å². The van der Waals surface area contributed by atoms with Gasteiger partial charge < -0.3 is 25.1 Å². The average Bonchev–Trinajstić information content (AvgIpc) is 3.48. The van der Waals surface area contributed by atoms with Crippen LogP contribution in [0.5, 0.6) is 0 Å². The monoisotopic (exact) mass is 564 g/mol. The molecule has 1 atom stereocenters. The molecule has 2 saturated heterocycles. The SMILES string of the molecule is CCN(C(=O)NCc1ccccc1)C1CCN(C)CC1.O=CO.c1ccc([C@@H]2CCN(CC3CCCCC3)C2)cc1. The van der Waals surface area contributed by atoms with Crippen molar-refractivity contribution in [1.82, 2.24) is 20.0 Å². The van der Waals surface area contributed by atoms with Crippen molar-refractivity contribution in [2.75, 3.05) is 46.3 Å². The summed E-state index contributed by atoms with van der Waals surface area (Å²) in [7, 11) is 2.14. The number of hydrogen-bond acceptors (Lipinski definition) is 4. The molecule has 7 nitrogen and oxygen atoms in total. The zero-order chi connectivity index (χ0) is 29.3. The third kappa shape index (κ3) is 11.5. The van der Waals surface area contributed by atoms with Gasteiger partial charge >= 0.3 is 6.03 Å². The topological polar surface area (TPSA) is 76.1 Å². The van der Waals surface area contributed by atoms with Gasteiger partial charge in [-0.05, 0) is 88.7 Å². The van der Waals surface area contributed by atoms with E-state index in [-0.39, 0.29) is 12.5 Å². The zero-order valence-electron chi connectivity index (χ0n) is 25.3. The highest BCUT2D eigenvalue weighted by Crippen LogP contribution is 2.30. The van der Waals surface area contributed by atoms with Crippen LogP contribution in [0.3, 0.4) is 0 Å². The van der Waals surface area contributed by atoms with Crippen molar-refractivity contribution in [2.24, 2.45) is 5.92 Å². The van der Waals surface area contributed by atoms with Crippen molar-refractivity contribution in [3.05, 3.63) is 71.8 Å². The molecule has 7 heteroatoms. The molecule has 1 saturated carbocycles. The fourth-order valence-corrected chi connectivity index (χ4v) is 6.48. The number of likely N-dealkylation sites (tertiary alicyclic amines) is 2. The first-order valence-electron chi connectivity index (χ1n) is 15.7. The van der Waals surface area contributed by atoms with Crippen LogP contribution < -0.4 is 5.32 Å². The van der Waals surface area contributed by atoms with Crippen molar-refractivity contribution in [2.45, 2.75) is 76.8 Å². The van der Waals surface area contributed by atoms with Gasteiger partial charge in [0.1, 0.15) is 0 Å². The van der Waals surface area contributed by atoms with Crippen LogP contribution in [0.1, 0.15) is 75.3 Å². The molecule has 0 bridgehead atoms. The maximum absolute atomic E-state index is 12.3. The molecule has 2 aliphatic heterocycles. The summed E-state index contributed by atoms with van der Waals surface area (Å²) in [6.45, 7) is 9.30. The number of carbonyl (C=O) groups excluding carboxylic acids is 1. The molecule has 5 rings (SSSR count). The van der Waals surface area contributed by atoms with Gasteiger partial charge in [0.05, 0.1) is 0 Å². The summed E-state index contributed by atoms with van der Waals surface area (Å²) >= 11 is 0. The normalized spacial score (nSPS) is 20.2. The van der Waals surface area contributed by atoms with Crippen LogP contribution in [0.25, 0.3) is 0 Å². The van der Waals surface area contributed by atoms with Gasteiger partial charge in [-0.2, -0.15) is 0 Å². The molecule has 0 spiro atoms. The molecule has 1 aliphatic carbocycles. The van der Waals surface area contributed by atoms with Gasteiger partial charge in [-0.3, -0.25) is 4.79 Å². The highest BCUT2D eigenvalue weighted by molar-refractivity contribution is 5.74. The van der Waals surface area contributed by atoms with Crippen LogP contribution >= 0.6 is 0 Å². The van der Waals surface area contributed by atoms with Crippen LogP contribution in [0.2, 0.25) is 0 Å². The number of carbonyl (C=O) groups is 2. The second-order valence-corrected chi connectivity index (χ2v) is 11.7. The number of hydrogen-bond donors (Lipinski definition) is 2. The van der Waals surface area contributed by atoms with Crippen LogP contribution in [0.15, 0.2) is 60.7 Å². The van der Waals surface area contributed by atoms with Crippen molar-refractivity contribution < 1.29 is 14.7 Å². The van der Waals surface area contributed by atoms with Crippen LogP contribution in [-0.2, 0) is 11.3 Å². The van der Waals surface area contributed by atoms with Crippen LogP contribution in [0, 0.1) is 5.92 Å². The Morgan fingerprint density at radius 3 is 2.15 bits per heavy atom. The molecule has 0 unspecified atom stereocenters. The lowest BCUT2D eigenvalue weighted by atomic mass is 9.89. The van der Waals surface area contributed by atoms with Crippen LogP contribution in [-0.4, -0.2) is 84.7 Å². The van der Waals surface area contributed by atoms with E-state index in [0.29, 0.717) is 12.6 Å². The number of carboxylic acid groups (broad SMARTS) is 1. The molecule has 0 aromatic heterocycles. The summed E-state index contributed by atoms with van der Waals surface area (Å²) < 4.78 is 0. The second kappa shape index (κ2) is 18.5. The molecule has 226 valence electrons. The van der Waals surface area contributed by atoms with Crippen molar-refractivity contribution in [1.29, 1.82) is 0 Å². The van der Waals surface area contributed by atoms with Gasteiger partial charge in [-0.25, -0.2) is 4.79 Å². The smallest absolute Gasteiger partial charge is 0.317 e. The number of benzene rings is 2. The minimum atomic E-state index is -0.250. The predicted molar refractivity (Wildman–Crippen MR) is 167 cm³/mol. The molecule has 41 heavy (non-hydrogen) atoms. The summed E-state index contributed by atoms with van der Waals surface area (Å²) in [6, 6.07) is 21.6. The number of piperidine rings is 1. The molecular formula is C34H52N4O3. The van der Waals surface area contributed by atoms with Gasteiger partial charge in [-0.15, -0.1) is 0 Å². The molecule has 0 radical (unpaired) electrons. The number of nitrogens with zero attached hydrogens (tertiary/aromatic N) is 3. The van der Waals surface area contributed by atoms with E-state index in [9.17, 15) is 4.79 Å². The average molecular weight is 565 g/mol. The Kier molecular flexibility index (Phi) is 14.7.